The summed E-state index contributed by atoms with van der Waals surface area (Å²) in [7, 11) is -3.93. The molecule has 0 amide bonds. The summed E-state index contributed by atoms with van der Waals surface area (Å²) in [6.45, 7) is -0.795. The fourth-order valence-corrected chi connectivity index (χ4v) is 2.99. The zero-order valence-electron chi connectivity index (χ0n) is 9.17. The SMILES string of the molecule is N#CCN(CC#N)S(=O)(=O)c1ccc(Br)cc1N. The van der Waals surface area contributed by atoms with Crippen molar-refractivity contribution < 1.29 is 8.42 Å². The van der Waals surface area contributed by atoms with Crippen LogP contribution in [0.15, 0.2) is 27.6 Å². The smallest absolute Gasteiger partial charge is 0.247 e. The summed E-state index contributed by atoms with van der Waals surface area (Å²) in [4.78, 5) is -0.115. The maximum atomic E-state index is 12.2. The van der Waals surface area contributed by atoms with Gasteiger partial charge in [0.05, 0.1) is 17.8 Å². The van der Waals surface area contributed by atoms with E-state index < -0.39 is 23.1 Å². The molecule has 1 aromatic rings. The van der Waals surface area contributed by atoms with Crippen LogP contribution in [0.3, 0.4) is 0 Å². The van der Waals surface area contributed by atoms with E-state index >= 15 is 0 Å². The third-order valence-electron chi connectivity index (χ3n) is 2.08. The summed E-state index contributed by atoms with van der Waals surface area (Å²) in [6.07, 6.45) is 0. The number of nitrogens with zero attached hydrogens (tertiary/aromatic N) is 3. The lowest BCUT2D eigenvalue weighted by Crippen LogP contribution is -2.32. The van der Waals surface area contributed by atoms with Gasteiger partial charge < -0.3 is 5.73 Å². The van der Waals surface area contributed by atoms with Gasteiger partial charge in [0.25, 0.3) is 0 Å². The molecule has 0 bridgehead atoms. The topological polar surface area (TPSA) is 111 Å². The Bertz CT molecular complexity index is 614. The van der Waals surface area contributed by atoms with E-state index in [0.29, 0.717) is 4.47 Å². The second-order valence-electron chi connectivity index (χ2n) is 3.27. The average molecular weight is 329 g/mol. The molecular weight excluding hydrogens is 320 g/mol. The van der Waals surface area contributed by atoms with Crippen molar-refractivity contribution >= 4 is 31.6 Å². The molecule has 0 spiro atoms. The van der Waals surface area contributed by atoms with Gasteiger partial charge in [0.1, 0.15) is 18.0 Å². The summed E-state index contributed by atoms with van der Waals surface area (Å²) < 4.78 is 25.8. The second kappa shape index (κ2) is 5.83. The summed E-state index contributed by atoms with van der Waals surface area (Å²) in [5, 5.41) is 17.2. The minimum atomic E-state index is -3.93. The molecule has 0 aliphatic rings. The molecule has 18 heavy (non-hydrogen) atoms. The Morgan fingerprint density at radius 2 is 1.83 bits per heavy atom. The molecule has 0 aliphatic heterocycles. The molecule has 0 aromatic heterocycles. The number of hydrogen-bond acceptors (Lipinski definition) is 5. The van der Waals surface area contributed by atoms with Crippen molar-refractivity contribution in [2.45, 2.75) is 4.90 Å². The minimum Gasteiger partial charge on any atom is -0.398 e. The predicted octanol–water partition coefficient (Wildman–Crippen LogP) is 1.07. The van der Waals surface area contributed by atoms with Crippen LogP contribution in [0.5, 0.6) is 0 Å². The Balaban J connectivity index is 3.28. The van der Waals surface area contributed by atoms with Gasteiger partial charge in [-0.2, -0.15) is 14.8 Å². The molecule has 0 atom stereocenters. The molecule has 0 heterocycles. The van der Waals surface area contributed by atoms with E-state index in [-0.39, 0.29) is 10.6 Å². The first kappa shape index (κ1) is 14.5. The van der Waals surface area contributed by atoms with E-state index in [2.05, 4.69) is 15.9 Å². The van der Waals surface area contributed by atoms with Gasteiger partial charge in [-0.1, -0.05) is 15.9 Å². The molecule has 0 saturated carbocycles. The molecule has 0 radical (unpaired) electrons. The first-order chi connectivity index (χ1) is 8.43. The maximum absolute atomic E-state index is 12.2. The molecule has 8 heteroatoms. The lowest BCUT2D eigenvalue weighted by molar-refractivity contribution is 0.480. The Hall–Kier alpha value is -1.61. The summed E-state index contributed by atoms with van der Waals surface area (Å²) in [5.41, 5.74) is 5.70. The molecular formula is C10H9BrN4O2S. The number of halogens is 1. The van der Waals surface area contributed by atoms with Gasteiger partial charge in [0, 0.05) is 4.47 Å². The predicted molar refractivity (Wildman–Crippen MR) is 68.5 cm³/mol. The fourth-order valence-electron chi connectivity index (χ4n) is 1.28. The number of benzene rings is 1. The van der Waals surface area contributed by atoms with Crippen LogP contribution in [0.25, 0.3) is 0 Å². The van der Waals surface area contributed by atoms with Gasteiger partial charge in [0.2, 0.25) is 10.0 Å². The zero-order valence-corrected chi connectivity index (χ0v) is 11.6. The van der Waals surface area contributed by atoms with Gasteiger partial charge in [-0.15, -0.1) is 0 Å². The van der Waals surface area contributed by atoms with E-state index in [1.165, 1.54) is 18.2 Å². The highest BCUT2D eigenvalue weighted by Gasteiger charge is 2.26. The van der Waals surface area contributed by atoms with E-state index in [1.54, 1.807) is 12.1 Å². The maximum Gasteiger partial charge on any atom is 0.247 e. The Morgan fingerprint density at radius 3 is 2.28 bits per heavy atom. The highest BCUT2D eigenvalue weighted by molar-refractivity contribution is 9.10. The van der Waals surface area contributed by atoms with Crippen LogP contribution < -0.4 is 5.73 Å². The third-order valence-corrected chi connectivity index (χ3v) is 4.44. The number of rotatable bonds is 4. The van der Waals surface area contributed by atoms with Crippen molar-refractivity contribution in [2.75, 3.05) is 18.8 Å². The highest BCUT2D eigenvalue weighted by atomic mass is 79.9. The number of sulfonamides is 1. The van der Waals surface area contributed by atoms with Crippen molar-refractivity contribution in [1.82, 2.24) is 4.31 Å². The molecule has 1 rings (SSSR count). The standard InChI is InChI=1S/C10H9BrN4O2S/c11-8-1-2-10(9(14)7-8)18(16,17)15(5-3-12)6-4-13/h1-2,7H,5-6,14H2. The summed E-state index contributed by atoms with van der Waals surface area (Å²) in [6, 6.07) is 7.72. The number of hydrogen-bond donors (Lipinski definition) is 1. The van der Waals surface area contributed by atoms with Crippen LogP contribution in [-0.4, -0.2) is 25.8 Å². The van der Waals surface area contributed by atoms with Crippen LogP contribution in [0.1, 0.15) is 0 Å². The monoisotopic (exact) mass is 328 g/mol. The number of nitrogens with two attached hydrogens (primary N) is 1. The largest absolute Gasteiger partial charge is 0.398 e. The molecule has 0 unspecified atom stereocenters. The third kappa shape index (κ3) is 2.99. The molecule has 2 N–H and O–H groups in total. The number of nitriles is 2. The van der Waals surface area contributed by atoms with Crippen molar-refractivity contribution in [3.63, 3.8) is 0 Å². The van der Waals surface area contributed by atoms with Gasteiger partial charge in [0.15, 0.2) is 0 Å². The normalized spacial score (nSPS) is 10.9. The molecule has 6 nitrogen and oxygen atoms in total. The highest BCUT2D eigenvalue weighted by Crippen LogP contribution is 2.25. The van der Waals surface area contributed by atoms with Crippen LogP contribution in [0, 0.1) is 22.7 Å². The average Bonchev–Trinajstić information content (AvgIpc) is 2.28. The number of anilines is 1. The van der Waals surface area contributed by atoms with Crippen LogP contribution in [0.4, 0.5) is 5.69 Å². The second-order valence-corrected chi connectivity index (χ2v) is 6.09. The molecule has 0 saturated heterocycles. The van der Waals surface area contributed by atoms with E-state index in [4.69, 9.17) is 16.3 Å². The first-order valence-electron chi connectivity index (χ1n) is 4.72. The fraction of sp³-hybridized carbons (Fsp3) is 0.200. The lowest BCUT2D eigenvalue weighted by Gasteiger charge is -2.17. The van der Waals surface area contributed by atoms with E-state index in [1.807, 2.05) is 0 Å². The van der Waals surface area contributed by atoms with Crippen molar-refractivity contribution in [3.05, 3.63) is 22.7 Å². The zero-order chi connectivity index (χ0) is 13.8. The van der Waals surface area contributed by atoms with Gasteiger partial charge in [-0.25, -0.2) is 8.42 Å². The quantitative estimate of drug-likeness (QED) is 0.656. The van der Waals surface area contributed by atoms with Crippen molar-refractivity contribution in [3.8, 4) is 12.1 Å². The molecule has 1 aromatic carbocycles. The van der Waals surface area contributed by atoms with Crippen LogP contribution >= 0.6 is 15.9 Å². The van der Waals surface area contributed by atoms with E-state index in [0.717, 1.165) is 4.31 Å². The van der Waals surface area contributed by atoms with Gasteiger partial charge >= 0.3 is 0 Å². The Labute approximate surface area is 113 Å². The van der Waals surface area contributed by atoms with Crippen LogP contribution in [-0.2, 0) is 10.0 Å². The Kier molecular flexibility index (Phi) is 4.68. The minimum absolute atomic E-state index is 0.0604. The van der Waals surface area contributed by atoms with Crippen LogP contribution in [0.2, 0.25) is 0 Å². The Morgan fingerprint density at radius 1 is 1.28 bits per heavy atom. The van der Waals surface area contributed by atoms with Gasteiger partial charge in [-0.05, 0) is 18.2 Å². The van der Waals surface area contributed by atoms with Crippen molar-refractivity contribution in [1.29, 1.82) is 10.5 Å². The summed E-state index contributed by atoms with van der Waals surface area (Å²) in [5.74, 6) is 0. The molecule has 0 fully saturated rings. The number of nitrogen functional groups attached to an aromatic ring is 1. The van der Waals surface area contributed by atoms with Gasteiger partial charge in [-0.3, -0.25) is 0 Å². The lowest BCUT2D eigenvalue weighted by atomic mass is 10.3. The van der Waals surface area contributed by atoms with E-state index in [9.17, 15) is 8.42 Å². The first-order valence-corrected chi connectivity index (χ1v) is 6.96. The molecule has 0 aliphatic carbocycles. The summed E-state index contributed by atoms with van der Waals surface area (Å²) >= 11 is 3.17. The van der Waals surface area contributed by atoms with Crippen molar-refractivity contribution in [2.24, 2.45) is 0 Å². The molecule has 94 valence electrons.